The average Bonchev–Trinajstić information content (AvgIpc) is 3.54. The lowest BCUT2D eigenvalue weighted by Crippen LogP contribution is -2.74. The zero-order chi connectivity index (χ0) is 43.0. The number of aryl methyl sites for hydroxylation is 1. The minimum atomic E-state index is -4.69. The molecule has 0 unspecified atom stereocenters. The van der Waals surface area contributed by atoms with Crippen molar-refractivity contribution in [3.63, 3.8) is 0 Å². The Labute approximate surface area is 349 Å². The molecule has 3 fully saturated rings. The van der Waals surface area contributed by atoms with Crippen LogP contribution >= 0.6 is 0 Å². The monoisotopic (exact) mass is 826 g/mol. The molecule has 0 radical (unpaired) electrons. The molecule has 14 heteroatoms. The second kappa shape index (κ2) is 16.9. The maximum absolute atomic E-state index is 13.6. The topological polar surface area (TPSA) is 135 Å². The van der Waals surface area contributed by atoms with Crippen molar-refractivity contribution in [2.45, 2.75) is 104 Å². The molecule has 1 saturated carbocycles. The second-order valence-corrected chi connectivity index (χ2v) is 17.8. The highest BCUT2D eigenvalue weighted by atomic mass is 19.4. The number of carbonyl (C=O) groups excluding carboxylic acids is 4. The van der Waals surface area contributed by atoms with Crippen molar-refractivity contribution in [2.24, 2.45) is 10.8 Å². The van der Waals surface area contributed by atoms with E-state index in [9.17, 15) is 32.3 Å². The highest BCUT2D eigenvalue weighted by Gasteiger charge is 2.64. The quantitative estimate of drug-likeness (QED) is 0.141. The van der Waals surface area contributed by atoms with E-state index in [2.05, 4.69) is 26.5 Å². The van der Waals surface area contributed by atoms with Gasteiger partial charge in [-0.1, -0.05) is 58.7 Å². The molecule has 4 aliphatic rings. The maximum atomic E-state index is 13.6. The summed E-state index contributed by atoms with van der Waals surface area (Å²) in [6, 6.07) is 17.7. The molecule has 7 rings (SSSR count). The molecule has 2 N–H and O–H groups in total. The number of hydrogen-bond acceptors (Lipinski definition) is 8. The molecule has 11 nitrogen and oxygen atoms in total. The largest absolute Gasteiger partial charge is 0.489 e. The second-order valence-electron chi connectivity index (χ2n) is 17.8. The Morgan fingerprint density at radius 3 is 2.28 bits per heavy atom. The van der Waals surface area contributed by atoms with Gasteiger partial charge in [0, 0.05) is 72.8 Å². The predicted molar refractivity (Wildman–Crippen MR) is 219 cm³/mol. The Kier molecular flexibility index (Phi) is 12.0. The van der Waals surface area contributed by atoms with Crippen molar-refractivity contribution in [3.05, 3.63) is 94.0 Å². The van der Waals surface area contributed by atoms with Crippen molar-refractivity contribution in [1.29, 1.82) is 5.26 Å². The molecule has 0 spiro atoms. The van der Waals surface area contributed by atoms with Crippen molar-refractivity contribution in [1.82, 2.24) is 20.4 Å². The smallest absolute Gasteiger partial charge is 0.417 e. The number of piperazine rings is 1. The number of unbranched alkanes of at least 4 members (excludes halogenated alkanes) is 3. The van der Waals surface area contributed by atoms with Crippen LogP contribution < -0.4 is 20.3 Å². The summed E-state index contributed by atoms with van der Waals surface area (Å²) in [5.74, 6) is -1.03. The molecule has 318 valence electrons. The molecule has 3 aromatic rings. The normalized spacial score (nSPS) is 22.4. The minimum absolute atomic E-state index is 0.0277. The van der Waals surface area contributed by atoms with Gasteiger partial charge in [0.1, 0.15) is 17.9 Å². The molecule has 1 aliphatic carbocycles. The van der Waals surface area contributed by atoms with Gasteiger partial charge in [0.2, 0.25) is 11.8 Å². The Morgan fingerprint density at radius 2 is 1.62 bits per heavy atom. The van der Waals surface area contributed by atoms with Gasteiger partial charge in [0.25, 0.3) is 11.8 Å². The molecule has 3 heterocycles. The van der Waals surface area contributed by atoms with Gasteiger partial charge in [-0.15, -0.1) is 0 Å². The van der Waals surface area contributed by atoms with E-state index >= 15 is 0 Å². The number of benzene rings is 3. The number of piperidine rings is 1. The first-order valence-corrected chi connectivity index (χ1v) is 20.9. The number of fused-ring (bicyclic) bond motifs is 1. The number of nitrogens with one attached hydrogen (secondary N) is 2. The first-order valence-electron chi connectivity index (χ1n) is 20.9. The number of nitriles is 1. The molecule has 4 amide bonds. The number of alkyl halides is 3. The van der Waals surface area contributed by atoms with Gasteiger partial charge in [-0.25, -0.2) is 0 Å². The highest BCUT2D eigenvalue weighted by Crippen LogP contribution is 2.55. The number of amides is 4. The molecule has 60 heavy (non-hydrogen) atoms. The van der Waals surface area contributed by atoms with Crippen LogP contribution in [0, 0.1) is 22.2 Å². The molecule has 0 bridgehead atoms. The molecular weight excluding hydrogens is 774 g/mol. The van der Waals surface area contributed by atoms with Crippen molar-refractivity contribution < 1.29 is 37.1 Å². The average molecular weight is 827 g/mol. The summed E-state index contributed by atoms with van der Waals surface area (Å²) >= 11 is 0. The Hall–Kier alpha value is -5.42. The summed E-state index contributed by atoms with van der Waals surface area (Å²) in [7, 11) is 0. The number of ether oxygens (including phenoxy) is 1. The predicted octanol–water partition coefficient (Wildman–Crippen LogP) is 6.88. The summed E-state index contributed by atoms with van der Waals surface area (Å²) < 4.78 is 46.8. The zero-order valence-corrected chi connectivity index (χ0v) is 34.7. The van der Waals surface area contributed by atoms with Gasteiger partial charge in [-0.3, -0.25) is 29.4 Å². The van der Waals surface area contributed by atoms with Crippen LogP contribution in [-0.4, -0.2) is 84.3 Å². The van der Waals surface area contributed by atoms with Crippen molar-refractivity contribution >= 4 is 29.3 Å². The molecule has 2 saturated heterocycles. The van der Waals surface area contributed by atoms with E-state index in [1.807, 2.05) is 64.1 Å². The van der Waals surface area contributed by atoms with Crippen molar-refractivity contribution in [2.75, 3.05) is 37.6 Å². The van der Waals surface area contributed by atoms with E-state index in [1.165, 1.54) is 6.07 Å². The number of anilines is 1. The summed E-state index contributed by atoms with van der Waals surface area (Å²) in [6.45, 7) is 12.8. The molecular formula is C46H53F3N6O5. The van der Waals surface area contributed by atoms with E-state index in [0.29, 0.717) is 24.1 Å². The fraction of sp³-hybridized carbons (Fsp3) is 0.500. The highest BCUT2D eigenvalue weighted by molar-refractivity contribution is 6.05. The lowest BCUT2D eigenvalue weighted by molar-refractivity contribution is -0.164. The zero-order valence-electron chi connectivity index (χ0n) is 34.7. The number of halogens is 3. The number of nitrogens with zero attached hydrogens (tertiary/aromatic N) is 4. The van der Waals surface area contributed by atoms with Gasteiger partial charge in [0.15, 0.2) is 0 Å². The van der Waals surface area contributed by atoms with Crippen LogP contribution in [0.2, 0.25) is 0 Å². The first kappa shape index (κ1) is 42.7. The first-order chi connectivity index (χ1) is 28.5. The van der Waals surface area contributed by atoms with Crippen LogP contribution in [-0.2, 0) is 28.7 Å². The summed E-state index contributed by atoms with van der Waals surface area (Å²) in [6.07, 6.45) is 0.733. The van der Waals surface area contributed by atoms with Crippen molar-refractivity contribution in [3.8, 4) is 11.8 Å². The molecule has 3 aliphatic heterocycles. The van der Waals surface area contributed by atoms with Gasteiger partial charge < -0.3 is 19.9 Å². The van der Waals surface area contributed by atoms with Crippen LogP contribution in [0.3, 0.4) is 0 Å². The van der Waals surface area contributed by atoms with E-state index in [-0.39, 0.29) is 35.9 Å². The SMILES string of the molecule is CC1(C)C(NC(=O)c2ccc(CCCCCCN3CCN(c4ccc5c(c4)C(=O)N([C@H]4CCC(=O)NC4=O)C5)CC3)cc2)C(C)(C)C1Oc1ccc(C#N)c(C(F)(F)F)c1. The third-order valence-corrected chi connectivity index (χ3v) is 12.9. The van der Waals surface area contributed by atoms with E-state index in [4.69, 9.17) is 10.00 Å². The van der Waals surface area contributed by atoms with Crippen LogP contribution in [0.4, 0.5) is 18.9 Å². The van der Waals surface area contributed by atoms with Gasteiger partial charge in [0.05, 0.1) is 17.2 Å². The van der Waals surface area contributed by atoms with Gasteiger partial charge >= 0.3 is 6.18 Å². The third kappa shape index (κ3) is 8.73. The summed E-state index contributed by atoms with van der Waals surface area (Å²) in [5, 5.41) is 14.6. The number of rotatable bonds is 13. The molecule has 0 aromatic heterocycles. The van der Waals surface area contributed by atoms with Crippen LogP contribution in [0.15, 0.2) is 60.7 Å². The van der Waals surface area contributed by atoms with Crippen LogP contribution in [0.1, 0.15) is 109 Å². The molecule has 1 atom stereocenters. The molecule has 3 aromatic carbocycles. The lowest BCUT2D eigenvalue weighted by Gasteiger charge is -2.63. The van der Waals surface area contributed by atoms with E-state index in [0.717, 1.165) is 93.8 Å². The Balaban J connectivity index is 0.801. The standard InChI is InChI=1S/C46H53F3N6O5/c1-44(2)42(45(3,4)43(44)60-34-17-15-31(27-50)36(26-34)46(47,48)49)52-39(57)30-12-10-29(11-13-30)9-7-5-6-8-20-53-21-23-54(24-22-53)33-16-14-32-28-55(41(59)35(32)25-33)37-18-19-38(56)51-40(37)58/h10-17,25-26,37,42-43H,5-9,18-24,28H2,1-4H3,(H,52,57)(H,51,56,58)/t37-,42?,43?/m0/s1. The summed E-state index contributed by atoms with van der Waals surface area (Å²) in [4.78, 5) is 57.0. The van der Waals surface area contributed by atoms with Crippen LogP contribution in [0.5, 0.6) is 5.75 Å². The lowest BCUT2D eigenvalue weighted by atomic mass is 9.49. The third-order valence-electron chi connectivity index (χ3n) is 12.9. The minimum Gasteiger partial charge on any atom is -0.489 e. The van der Waals surface area contributed by atoms with Crippen LogP contribution in [0.25, 0.3) is 0 Å². The number of imide groups is 1. The number of hydrogen-bond donors (Lipinski definition) is 2. The fourth-order valence-electron chi connectivity index (χ4n) is 9.89. The summed E-state index contributed by atoms with van der Waals surface area (Å²) in [5.41, 5.74) is 1.60. The Bertz CT molecular complexity index is 2160. The van der Waals surface area contributed by atoms with Gasteiger partial charge in [-0.2, -0.15) is 18.4 Å². The maximum Gasteiger partial charge on any atom is 0.417 e. The van der Waals surface area contributed by atoms with Gasteiger partial charge in [-0.05, 0) is 85.8 Å². The fourth-order valence-corrected chi connectivity index (χ4v) is 9.89. The van der Waals surface area contributed by atoms with E-state index < -0.39 is 46.2 Å². The Morgan fingerprint density at radius 1 is 0.917 bits per heavy atom. The van der Waals surface area contributed by atoms with E-state index in [1.54, 1.807) is 11.0 Å². The number of carbonyl (C=O) groups is 4.